The molecule has 68 valence electrons. The van der Waals surface area contributed by atoms with E-state index in [4.69, 9.17) is 10.2 Å². The molecule has 2 N–H and O–H groups in total. The van der Waals surface area contributed by atoms with Crippen molar-refractivity contribution >= 4 is 23.1 Å². The summed E-state index contributed by atoms with van der Waals surface area (Å²) in [6, 6.07) is 2.07. The normalized spacial score (nSPS) is 13.2. The van der Waals surface area contributed by atoms with E-state index in [2.05, 4.69) is 11.4 Å². The van der Waals surface area contributed by atoms with Crippen LogP contribution in [-0.2, 0) is 5.75 Å². The number of hydrogen-bond donors (Lipinski definition) is 2. The summed E-state index contributed by atoms with van der Waals surface area (Å²) in [5, 5.41) is 21.7. The Balaban J connectivity index is 2.11. The van der Waals surface area contributed by atoms with Crippen molar-refractivity contribution in [3.8, 4) is 0 Å². The lowest BCUT2D eigenvalue weighted by Crippen LogP contribution is -2.14. The van der Waals surface area contributed by atoms with Crippen molar-refractivity contribution in [2.24, 2.45) is 0 Å². The molecule has 0 spiro atoms. The van der Waals surface area contributed by atoms with Crippen LogP contribution < -0.4 is 0 Å². The summed E-state index contributed by atoms with van der Waals surface area (Å²) in [7, 11) is 0. The molecule has 1 unspecified atom stereocenters. The summed E-state index contributed by atoms with van der Waals surface area (Å²) in [5.74, 6) is 1.52. The maximum Gasteiger partial charge on any atom is 0.0861 e. The van der Waals surface area contributed by atoms with Crippen molar-refractivity contribution in [2.45, 2.75) is 11.9 Å². The molecule has 0 aliphatic carbocycles. The maximum absolute atomic E-state index is 9.02. The zero-order chi connectivity index (χ0) is 8.81. The van der Waals surface area contributed by atoms with Gasteiger partial charge in [0.2, 0.25) is 0 Å². The largest absolute Gasteiger partial charge is 0.394 e. The Labute approximate surface area is 80.2 Å². The van der Waals surface area contributed by atoms with Crippen molar-refractivity contribution in [1.29, 1.82) is 0 Å². The second kappa shape index (κ2) is 5.59. The van der Waals surface area contributed by atoms with Crippen LogP contribution in [0.5, 0.6) is 0 Å². The van der Waals surface area contributed by atoms with E-state index in [1.165, 1.54) is 5.56 Å². The van der Waals surface area contributed by atoms with Crippen LogP contribution in [0.2, 0.25) is 0 Å². The molecule has 1 aromatic rings. The second-order valence-corrected chi connectivity index (χ2v) is 4.29. The molecule has 0 saturated heterocycles. The van der Waals surface area contributed by atoms with Gasteiger partial charge in [-0.15, -0.1) is 0 Å². The van der Waals surface area contributed by atoms with Gasteiger partial charge in [-0.25, -0.2) is 0 Å². The Kier molecular flexibility index (Phi) is 4.68. The Morgan fingerprint density at radius 2 is 2.42 bits per heavy atom. The summed E-state index contributed by atoms with van der Waals surface area (Å²) in [4.78, 5) is 0. The zero-order valence-corrected chi connectivity index (χ0v) is 8.27. The monoisotopic (exact) mass is 204 g/mol. The van der Waals surface area contributed by atoms with E-state index in [9.17, 15) is 0 Å². The Hall–Kier alpha value is -0.0300. The van der Waals surface area contributed by atoms with Crippen molar-refractivity contribution in [2.75, 3.05) is 12.4 Å². The van der Waals surface area contributed by atoms with Crippen molar-refractivity contribution in [3.05, 3.63) is 22.4 Å². The molecule has 0 bridgehead atoms. The third-order valence-corrected chi connectivity index (χ3v) is 3.26. The smallest absolute Gasteiger partial charge is 0.0861 e. The number of thioether (sulfide) groups is 1. The first-order valence-corrected chi connectivity index (χ1v) is 5.80. The first kappa shape index (κ1) is 10.1. The minimum atomic E-state index is -0.575. The lowest BCUT2D eigenvalue weighted by Gasteiger charge is -2.04. The average Bonchev–Trinajstić information content (AvgIpc) is 2.57. The lowest BCUT2D eigenvalue weighted by molar-refractivity contribution is 0.113. The van der Waals surface area contributed by atoms with Gasteiger partial charge in [-0.2, -0.15) is 23.1 Å². The quantitative estimate of drug-likeness (QED) is 0.760. The molecule has 0 radical (unpaired) electrons. The predicted octanol–water partition coefficient (Wildman–Crippen LogP) is 1.33. The van der Waals surface area contributed by atoms with Gasteiger partial charge < -0.3 is 10.2 Å². The van der Waals surface area contributed by atoms with Gasteiger partial charge >= 0.3 is 0 Å². The highest BCUT2D eigenvalue weighted by Crippen LogP contribution is 2.15. The van der Waals surface area contributed by atoms with Gasteiger partial charge in [-0.1, -0.05) is 0 Å². The van der Waals surface area contributed by atoms with Crippen LogP contribution in [0.25, 0.3) is 0 Å². The fraction of sp³-hybridized carbons (Fsp3) is 0.500. The molecule has 12 heavy (non-hydrogen) atoms. The van der Waals surface area contributed by atoms with E-state index in [1.54, 1.807) is 23.1 Å². The predicted molar refractivity (Wildman–Crippen MR) is 53.6 cm³/mol. The Morgan fingerprint density at radius 3 is 3.00 bits per heavy atom. The van der Waals surface area contributed by atoms with Crippen molar-refractivity contribution in [1.82, 2.24) is 0 Å². The molecule has 1 heterocycles. The van der Waals surface area contributed by atoms with E-state index >= 15 is 0 Å². The molecule has 0 fully saturated rings. The third kappa shape index (κ3) is 3.58. The Bertz CT molecular complexity index is 199. The number of rotatable bonds is 5. The van der Waals surface area contributed by atoms with Gasteiger partial charge in [0.15, 0.2) is 0 Å². The van der Waals surface area contributed by atoms with Gasteiger partial charge in [0, 0.05) is 11.5 Å². The number of aliphatic hydroxyl groups excluding tert-OH is 2. The van der Waals surface area contributed by atoms with Crippen LogP contribution in [0.15, 0.2) is 16.8 Å². The molecular formula is C8H12O2S2. The molecule has 1 atom stereocenters. The van der Waals surface area contributed by atoms with E-state index in [0.717, 1.165) is 5.75 Å². The molecule has 0 aliphatic heterocycles. The van der Waals surface area contributed by atoms with Gasteiger partial charge in [0.25, 0.3) is 0 Å². The van der Waals surface area contributed by atoms with E-state index in [1.807, 2.05) is 5.38 Å². The van der Waals surface area contributed by atoms with Crippen LogP contribution in [0.1, 0.15) is 5.56 Å². The molecule has 2 nitrogen and oxygen atoms in total. The minimum absolute atomic E-state index is 0.142. The number of thiophene rings is 1. The molecular weight excluding hydrogens is 192 g/mol. The van der Waals surface area contributed by atoms with Crippen LogP contribution in [0, 0.1) is 0 Å². The van der Waals surface area contributed by atoms with E-state index in [-0.39, 0.29) is 6.61 Å². The van der Waals surface area contributed by atoms with Gasteiger partial charge in [-0.3, -0.25) is 0 Å². The van der Waals surface area contributed by atoms with E-state index in [0.29, 0.717) is 5.75 Å². The Morgan fingerprint density at radius 1 is 1.58 bits per heavy atom. The highest BCUT2D eigenvalue weighted by Gasteiger charge is 2.01. The van der Waals surface area contributed by atoms with Crippen LogP contribution in [0.4, 0.5) is 0 Å². The summed E-state index contributed by atoms with van der Waals surface area (Å²) in [6.07, 6.45) is -0.575. The molecule has 4 heteroatoms. The number of aliphatic hydroxyl groups is 2. The molecule has 0 aromatic carbocycles. The average molecular weight is 204 g/mol. The SMILES string of the molecule is OCC(O)CSCc1ccsc1. The summed E-state index contributed by atoms with van der Waals surface area (Å²) < 4.78 is 0. The first-order chi connectivity index (χ1) is 5.83. The first-order valence-electron chi connectivity index (χ1n) is 3.70. The topological polar surface area (TPSA) is 40.5 Å². The highest BCUT2D eigenvalue weighted by molar-refractivity contribution is 7.98. The fourth-order valence-electron chi connectivity index (χ4n) is 0.740. The van der Waals surface area contributed by atoms with Crippen LogP contribution >= 0.6 is 23.1 Å². The second-order valence-electron chi connectivity index (χ2n) is 2.48. The fourth-order valence-corrected chi connectivity index (χ4v) is 2.43. The zero-order valence-electron chi connectivity index (χ0n) is 6.64. The summed E-state index contributed by atoms with van der Waals surface area (Å²) in [5.41, 5.74) is 1.29. The minimum Gasteiger partial charge on any atom is -0.394 e. The maximum atomic E-state index is 9.02. The van der Waals surface area contributed by atoms with E-state index < -0.39 is 6.10 Å². The summed E-state index contributed by atoms with van der Waals surface area (Å²) in [6.45, 7) is -0.142. The molecule has 1 aromatic heterocycles. The lowest BCUT2D eigenvalue weighted by atomic mass is 10.4. The standard InChI is InChI=1S/C8H12O2S2/c9-3-8(10)6-12-5-7-1-2-11-4-7/h1-2,4,8-10H,3,5-6H2. The van der Waals surface area contributed by atoms with Crippen molar-refractivity contribution < 1.29 is 10.2 Å². The summed E-state index contributed by atoms with van der Waals surface area (Å²) >= 11 is 3.32. The third-order valence-electron chi connectivity index (χ3n) is 1.37. The highest BCUT2D eigenvalue weighted by atomic mass is 32.2. The van der Waals surface area contributed by atoms with Crippen molar-refractivity contribution in [3.63, 3.8) is 0 Å². The molecule has 1 rings (SSSR count). The van der Waals surface area contributed by atoms with Gasteiger partial charge in [0.1, 0.15) is 0 Å². The van der Waals surface area contributed by atoms with Crippen LogP contribution in [-0.4, -0.2) is 28.7 Å². The molecule has 0 saturated carbocycles. The van der Waals surface area contributed by atoms with Gasteiger partial charge in [-0.05, 0) is 22.4 Å². The van der Waals surface area contributed by atoms with Crippen LogP contribution in [0.3, 0.4) is 0 Å². The molecule has 0 amide bonds. The van der Waals surface area contributed by atoms with Gasteiger partial charge in [0.05, 0.1) is 12.7 Å². The molecule has 0 aliphatic rings. The number of hydrogen-bond acceptors (Lipinski definition) is 4.